The van der Waals surface area contributed by atoms with Gasteiger partial charge in [-0.15, -0.1) is 11.8 Å². The molecular formula is C53H72N6O3S2. The van der Waals surface area contributed by atoms with Crippen molar-refractivity contribution in [1.82, 2.24) is 19.4 Å². The second-order valence-corrected chi connectivity index (χ2v) is 22.4. The molecule has 2 fully saturated rings. The maximum Gasteiger partial charge on any atom is 0.264 e. The highest BCUT2D eigenvalue weighted by atomic mass is 32.2. The molecule has 2 aliphatic heterocycles. The van der Waals surface area contributed by atoms with Gasteiger partial charge in [0.05, 0.1) is 4.90 Å². The molecule has 1 amide bonds. The van der Waals surface area contributed by atoms with Gasteiger partial charge in [0.25, 0.3) is 15.9 Å². The molecule has 4 aromatic rings. The number of carbonyl (C=O) groups is 1. The second kappa shape index (κ2) is 21.9. The van der Waals surface area contributed by atoms with Crippen molar-refractivity contribution in [2.75, 3.05) is 89.0 Å². The molecule has 0 radical (unpaired) electrons. The van der Waals surface area contributed by atoms with E-state index in [9.17, 15) is 13.2 Å². The molecule has 64 heavy (non-hydrogen) atoms. The molecule has 0 saturated carbocycles. The topological polar surface area (TPSA) is 88.2 Å². The molecule has 344 valence electrons. The predicted octanol–water partition coefficient (Wildman–Crippen LogP) is 9.83. The number of rotatable bonds is 18. The number of nitrogens with zero attached hydrogens (tertiary/aromatic N) is 4. The molecule has 1 atom stereocenters. The highest BCUT2D eigenvalue weighted by Gasteiger charge is 2.30. The fourth-order valence-corrected chi connectivity index (χ4v) is 11.6. The van der Waals surface area contributed by atoms with E-state index in [4.69, 9.17) is 0 Å². The first-order valence-electron chi connectivity index (χ1n) is 23.5. The summed E-state index contributed by atoms with van der Waals surface area (Å²) in [5.41, 5.74) is 9.16. The third-order valence-corrected chi connectivity index (χ3v) is 16.1. The van der Waals surface area contributed by atoms with Crippen LogP contribution in [0.4, 0.5) is 11.4 Å². The van der Waals surface area contributed by atoms with Gasteiger partial charge in [0.15, 0.2) is 0 Å². The van der Waals surface area contributed by atoms with Crippen LogP contribution in [0.15, 0.2) is 112 Å². The average Bonchev–Trinajstić information content (AvgIpc) is 3.28. The molecule has 0 spiro atoms. The number of piperidine rings is 1. The van der Waals surface area contributed by atoms with E-state index in [2.05, 4.69) is 113 Å². The van der Waals surface area contributed by atoms with Crippen LogP contribution in [0.3, 0.4) is 0 Å². The first-order valence-corrected chi connectivity index (χ1v) is 26.0. The molecule has 1 aliphatic carbocycles. The SMILES string of the molecule is Cc1ccc(C2=C(CN3CCN(c4ccc(C(=O)NS(=O)(=O)c5ccc(N[C@H](CCN6CCC(CCN(C)C)CC6)CSc6ccccc6)c(C)c5)cc4)CC3)CC(C)(C)CC2)cc1. The summed E-state index contributed by atoms with van der Waals surface area (Å²) < 4.78 is 29.5. The van der Waals surface area contributed by atoms with Gasteiger partial charge in [-0.3, -0.25) is 9.69 Å². The summed E-state index contributed by atoms with van der Waals surface area (Å²) in [4.78, 5) is 24.5. The number of hydrogen-bond donors (Lipinski definition) is 2. The summed E-state index contributed by atoms with van der Waals surface area (Å²) in [6, 6.07) is 32.1. The van der Waals surface area contributed by atoms with Gasteiger partial charge in [0.2, 0.25) is 0 Å². The van der Waals surface area contributed by atoms with E-state index >= 15 is 0 Å². The Morgan fingerprint density at radius 3 is 2.23 bits per heavy atom. The zero-order valence-corrected chi connectivity index (χ0v) is 40.9. The molecule has 2 heterocycles. The fraction of sp³-hybridized carbons (Fsp3) is 0.491. The Labute approximate surface area is 389 Å². The van der Waals surface area contributed by atoms with Crippen LogP contribution in [0.25, 0.3) is 5.57 Å². The van der Waals surface area contributed by atoms with Crippen LogP contribution < -0.4 is 14.9 Å². The molecule has 9 nitrogen and oxygen atoms in total. The summed E-state index contributed by atoms with van der Waals surface area (Å²) in [5, 5.41) is 3.77. The van der Waals surface area contributed by atoms with Crippen molar-refractivity contribution in [3.8, 4) is 0 Å². The molecule has 2 N–H and O–H groups in total. The third kappa shape index (κ3) is 13.5. The molecule has 11 heteroatoms. The number of carbonyl (C=O) groups excluding carboxylic acids is 1. The number of benzene rings is 4. The molecule has 4 aromatic carbocycles. The zero-order valence-electron chi connectivity index (χ0n) is 39.2. The molecule has 7 rings (SSSR count). The van der Waals surface area contributed by atoms with E-state index in [-0.39, 0.29) is 10.9 Å². The Kier molecular flexibility index (Phi) is 16.4. The lowest BCUT2D eigenvalue weighted by Gasteiger charge is -2.39. The van der Waals surface area contributed by atoms with E-state index in [0.29, 0.717) is 11.0 Å². The number of likely N-dealkylation sites (tertiary alicyclic amines) is 1. The van der Waals surface area contributed by atoms with Crippen molar-refractivity contribution in [2.45, 2.75) is 88.5 Å². The number of allylic oxidation sites excluding steroid dienone is 1. The van der Waals surface area contributed by atoms with Gasteiger partial charge in [-0.25, -0.2) is 13.1 Å². The minimum atomic E-state index is -4.10. The molecular weight excluding hydrogens is 833 g/mol. The lowest BCUT2D eigenvalue weighted by atomic mass is 9.72. The number of hydrogen-bond acceptors (Lipinski definition) is 9. The van der Waals surface area contributed by atoms with Crippen molar-refractivity contribution in [3.63, 3.8) is 0 Å². The number of aryl methyl sites for hydroxylation is 2. The minimum absolute atomic E-state index is 0.0734. The molecule has 3 aliphatic rings. The standard InChI is InChI=1S/C53H72N6O3S2/c1-40-12-14-43(15-13-40)50-22-27-53(3,4)37-45(50)38-58-32-34-59(35-33-58)47-18-16-44(17-19-47)52(60)55-64(61,62)49-20-21-51(41(2)36-49)54-46(39-63-48-10-8-7-9-11-48)26-31-57-29-24-42(25-30-57)23-28-56(5)6/h7-21,36,42,46,54H,22-35,37-39H2,1-6H3,(H,55,60)/t46-/m1/s1. The van der Waals surface area contributed by atoms with Gasteiger partial charge in [-0.05, 0) is 175 Å². The Morgan fingerprint density at radius 2 is 1.56 bits per heavy atom. The highest BCUT2D eigenvalue weighted by Crippen LogP contribution is 2.43. The Balaban J connectivity index is 0.920. The summed E-state index contributed by atoms with van der Waals surface area (Å²) in [7, 11) is 0.209. The van der Waals surface area contributed by atoms with Crippen LogP contribution in [0.5, 0.6) is 0 Å². The van der Waals surface area contributed by atoms with Gasteiger partial charge in [0, 0.05) is 72.9 Å². The van der Waals surface area contributed by atoms with Crippen LogP contribution in [0.1, 0.15) is 85.8 Å². The quantitative estimate of drug-likeness (QED) is 0.0949. The van der Waals surface area contributed by atoms with Gasteiger partial charge in [0.1, 0.15) is 0 Å². The summed E-state index contributed by atoms with van der Waals surface area (Å²) in [6.07, 6.45) is 8.25. The molecule has 0 bridgehead atoms. The van der Waals surface area contributed by atoms with Crippen LogP contribution in [-0.2, 0) is 10.0 Å². The summed E-state index contributed by atoms with van der Waals surface area (Å²) in [6.45, 7) is 18.0. The van der Waals surface area contributed by atoms with Gasteiger partial charge >= 0.3 is 0 Å². The number of nitrogens with one attached hydrogen (secondary N) is 2. The van der Waals surface area contributed by atoms with Crippen molar-refractivity contribution in [1.29, 1.82) is 0 Å². The number of anilines is 2. The highest BCUT2D eigenvalue weighted by molar-refractivity contribution is 7.99. The van der Waals surface area contributed by atoms with Gasteiger partial charge in [-0.1, -0.05) is 67.4 Å². The summed E-state index contributed by atoms with van der Waals surface area (Å²) in [5.74, 6) is 1.06. The second-order valence-electron chi connectivity index (χ2n) is 19.6. The number of sulfonamides is 1. The Hall–Kier alpha value is -4.13. The first-order chi connectivity index (χ1) is 30.7. The average molecular weight is 905 g/mol. The van der Waals surface area contributed by atoms with E-state index in [1.807, 2.05) is 43.0 Å². The van der Waals surface area contributed by atoms with E-state index < -0.39 is 15.9 Å². The third-order valence-electron chi connectivity index (χ3n) is 13.6. The first kappa shape index (κ1) is 47.8. The Bertz CT molecular complexity index is 2280. The monoisotopic (exact) mass is 905 g/mol. The molecule has 0 unspecified atom stereocenters. The molecule has 2 saturated heterocycles. The van der Waals surface area contributed by atoms with Crippen molar-refractivity contribution in [3.05, 3.63) is 125 Å². The maximum atomic E-state index is 13.6. The van der Waals surface area contributed by atoms with E-state index in [0.717, 1.165) is 107 Å². The minimum Gasteiger partial charge on any atom is -0.381 e. The lowest BCUT2D eigenvalue weighted by Crippen LogP contribution is -2.47. The van der Waals surface area contributed by atoms with Crippen molar-refractivity contribution >= 4 is 44.6 Å². The molecule has 0 aromatic heterocycles. The normalized spacial score (nSPS) is 18.3. The van der Waals surface area contributed by atoms with Crippen molar-refractivity contribution < 1.29 is 13.2 Å². The fourth-order valence-electron chi connectivity index (χ4n) is 9.54. The van der Waals surface area contributed by atoms with Crippen molar-refractivity contribution in [2.24, 2.45) is 11.3 Å². The van der Waals surface area contributed by atoms with Gasteiger partial charge < -0.3 is 20.0 Å². The van der Waals surface area contributed by atoms with Crippen LogP contribution in [0, 0.1) is 25.2 Å². The largest absolute Gasteiger partial charge is 0.381 e. The van der Waals surface area contributed by atoms with E-state index in [1.165, 1.54) is 47.3 Å². The maximum absolute atomic E-state index is 13.6. The Morgan fingerprint density at radius 1 is 0.859 bits per heavy atom. The number of amides is 1. The van der Waals surface area contributed by atoms with Gasteiger partial charge in [-0.2, -0.15) is 0 Å². The summed E-state index contributed by atoms with van der Waals surface area (Å²) >= 11 is 1.84. The van der Waals surface area contributed by atoms with Crippen LogP contribution in [0.2, 0.25) is 0 Å². The van der Waals surface area contributed by atoms with Crippen LogP contribution in [-0.4, -0.2) is 114 Å². The number of thioether (sulfide) groups is 1. The lowest BCUT2D eigenvalue weighted by molar-refractivity contribution is 0.0981. The smallest absolute Gasteiger partial charge is 0.264 e. The predicted molar refractivity (Wildman–Crippen MR) is 268 cm³/mol. The number of piperazine rings is 1. The van der Waals surface area contributed by atoms with Crippen LogP contribution >= 0.6 is 11.8 Å². The van der Waals surface area contributed by atoms with E-state index in [1.54, 1.807) is 29.8 Å². The zero-order chi connectivity index (χ0) is 45.3.